The van der Waals surface area contributed by atoms with Crippen molar-refractivity contribution in [3.8, 4) is 0 Å². The summed E-state index contributed by atoms with van der Waals surface area (Å²) in [7, 11) is 3.92. The lowest BCUT2D eigenvalue weighted by Gasteiger charge is -2.21. The third-order valence-electron chi connectivity index (χ3n) is 10.3. The molecule has 0 aromatic heterocycles. The maximum Gasteiger partial charge on any atom is 0.307 e. The molecule has 0 aromatic rings. The van der Waals surface area contributed by atoms with Crippen molar-refractivity contribution in [2.45, 2.75) is 232 Å². The third-order valence-corrected chi connectivity index (χ3v) is 10.3. The SMILES string of the molecule is CCCCC/C=C\C/C=C\CCCCCCCCC(O)(O)CCCCCCCCC(C)C/C=C\CCCCC.CN(C)CCC(=O)OC1CCCC1. The van der Waals surface area contributed by atoms with E-state index in [4.69, 9.17) is 4.74 Å². The van der Waals surface area contributed by atoms with Gasteiger partial charge in [-0.15, -0.1) is 0 Å². The first kappa shape index (κ1) is 50.6. The molecule has 1 aliphatic rings. The minimum atomic E-state index is -1.45. The number of aliphatic hydroxyl groups is 2. The highest BCUT2D eigenvalue weighted by molar-refractivity contribution is 5.69. The van der Waals surface area contributed by atoms with Crippen LogP contribution in [-0.2, 0) is 9.53 Å². The summed E-state index contributed by atoms with van der Waals surface area (Å²) < 4.78 is 5.30. The number of carbonyl (C=O) groups is 1. The van der Waals surface area contributed by atoms with Crippen molar-refractivity contribution in [1.82, 2.24) is 4.90 Å². The standard InChI is InChI=1S/C37H70O2.C10H19NO2/c1-4-6-8-10-12-13-14-15-16-17-18-19-20-22-26-30-34-37(38,39)35-31-27-23-21-25-29-33-36(3)32-28-24-11-9-7-5-2;1-11(2)8-7-10(12)13-9-5-3-4-6-9/h12-13,15-16,24,28,36,38-39H,4-11,14,17-23,25-27,29-35H2,1-3H3;9H,3-8H2,1-2H3/b13-12-,16-15-,28-24-;. The van der Waals surface area contributed by atoms with Gasteiger partial charge in [-0.1, -0.05) is 147 Å². The molecule has 0 amide bonds. The van der Waals surface area contributed by atoms with Crippen molar-refractivity contribution in [2.24, 2.45) is 5.92 Å². The second-order valence-corrected chi connectivity index (χ2v) is 16.2. The lowest BCUT2D eigenvalue weighted by molar-refractivity contribution is -0.172. The zero-order valence-electron chi connectivity index (χ0n) is 35.4. The Hall–Kier alpha value is -1.43. The fourth-order valence-corrected chi connectivity index (χ4v) is 6.77. The summed E-state index contributed by atoms with van der Waals surface area (Å²) in [5.41, 5.74) is 0. The predicted molar refractivity (Wildman–Crippen MR) is 227 cm³/mol. The molecule has 306 valence electrons. The Labute approximate surface area is 324 Å². The summed E-state index contributed by atoms with van der Waals surface area (Å²) in [6, 6.07) is 0. The number of unbranched alkanes of at least 4 members (excludes halogenated alkanes) is 17. The zero-order valence-corrected chi connectivity index (χ0v) is 35.4. The Morgan fingerprint density at radius 2 is 1.13 bits per heavy atom. The highest BCUT2D eigenvalue weighted by atomic mass is 16.5. The topological polar surface area (TPSA) is 70.0 Å². The highest BCUT2D eigenvalue weighted by Crippen LogP contribution is 2.22. The van der Waals surface area contributed by atoms with E-state index < -0.39 is 5.79 Å². The highest BCUT2D eigenvalue weighted by Gasteiger charge is 2.21. The van der Waals surface area contributed by atoms with Gasteiger partial charge in [0.1, 0.15) is 6.10 Å². The minimum Gasteiger partial charge on any atom is -0.462 e. The monoisotopic (exact) mass is 732 g/mol. The lowest BCUT2D eigenvalue weighted by Crippen LogP contribution is -2.27. The van der Waals surface area contributed by atoms with Gasteiger partial charge in [-0.05, 0) is 110 Å². The zero-order chi connectivity index (χ0) is 38.4. The van der Waals surface area contributed by atoms with E-state index in [9.17, 15) is 15.0 Å². The van der Waals surface area contributed by atoms with Crippen LogP contribution in [0.25, 0.3) is 0 Å². The number of hydrogen-bond acceptors (Lipinski definition) is 5. The molecular weight excluding hydrogens is 643 g/mol. The molecule has 0 aromatic carbocycles. The van der Waals surface area contributed by atoms with E-state index in [1.807, 2.05) is 19.0 Å². The number of hydrogen-bond donors (Lipinski definition) is 2. The van der Waals surface area contributed by atoms with Crippen LogP contribution in [-0.4, -0.2) is 53.6 Å². The van der Waals surface area contributed by atoms with Gasteiger partial charge in [0.2, 0.25) is 0 Å². The molecule has 1 saturated carbocycles. The predicted octanol–water partition coefficient (Wildman–Crippen LogP) is 13.6. The fraction of sp³-hybridized carbons (Fsp3) is 0.851. The van der Waals surface area contributed by atoms with Crippen molar-refractivity contribution in [3.05, 3.63) is 36.5 Å². The smallest absolute Gasteiger partial charge is 0.307 e. The van der Waals surface area contributed by atoms with E-state index in [1.54, 1.807) is 0 Å². The number of carbonyl (C=O) groups excluding carboxylic acids is 1. The molecule has 5 nitrogen and oxygen atoms in total. The molecule has 1 fully saturated rings. The Kier molecular flexibility index (Phi) is 36.8. The first-order chi connectivity index (χ1) is 25.2. The van der Waals surface area contributed by atoms with Crippen LogP contribution in [0.1, 0.15) is 220 Å². The molecule has 0 aliphatic heterocycles. The molecule has 1 aliphatic carbocycles. The lowest BCUT2D eigenvalue weighted by atomic mass is 9.97. The third kappa shape index (κ3) is 38.3. The molecule has 2 N–H and O–H groups in total. The number of ether oxygens (including phenoxy) is 1. The average Bonchev–Trinajstić information content (AvgIpc) is 3.63. The van der Waals surface area contributed by atoms with Crippen LogP contribution < -0.4 is 0 Å². The summed E-state index contributed by atoms with van der Waals surface area (Å²) >= 11 is 0. The van der Waals surface area contributed by atoms with Crippen molar-refractivity contribution in [1.29, 1.82) is 0 Å². The summed E-state index contributed by atoms with van der Waals surface area (Å²) in [4.78, 5) is 13.3. The van der Waals surface area contributed by atoms with E-state index >= 15 is 0 Å². The fourth-order valence-electron chi connectivity index (χ4n) is 6.77. The summed E-state index contributed by atoms with van der Waals surface area (Å²) in [6.45, 7) is 7.68. The largest absolute Gasteiger partial charge is 0.462 e. The first-order valence-corrected chi connectivity index (χ1v) is 22.4. The van der Waals surface area contributed by atoms with Crippen molar-refractivity contribution >= 4 is 5.97 Å². The first-order valence-electron chi connectivity index (χ1n) is 22.4. The van der Waals surface area contributed by atoms with Gasteiger partial charge in [0.25, 0.3) is 0 Å². The summed E-state index contributed by atoms with van der Waals surface area (Å²) in [5, 5.41) is 20.6. The van der Waals surface area contributed by atoms with E-state index in [-0.39, 0.29) is 12.1 Å². The van der Waals surface area contributed by atoms with Gasteiger partial charge >= 0.3 is 5.97 Å². The number of allylic oxidation sites excluding steroid dienone is 6. The second kappa shape index (κ2) is 37.9. The average molecular weight is 732 g/mol. The number of rotatable bonds is 34. The summed E-state index contributed by atoms with van der Waals surface area (Å²) in [5.74, 6) is -0.689. The van der Waals surface area contributed by atoms with Gasteiger partial charge in [0, 0.05) is 19.4 Å². The number of nitrogens with zero attached hydrogens (tertiary/aromatic N) is 1. The Balaban J connectivity index is 0.00000166. The van der Waals surface area contributed by atoms with Crippen LogP contribution in [0.4, 0.5) is 0 Å². The van der Waals surface area contributed by atoms with Gasteiger partial charge in [-0.3, -0.25) is 4.79 Å². The molecule has 0 heterocycles. The molecular formula is C47H89NO4. The molecule has 1 rings (SSSR count). The maximum absolute atomic E-state index is 11.3. The van der Waals surface area contributed by atoms with Crippen LogP contribution >= 0.6 is 0 Å². The van der Waals surface area contributed by atoms with Gasteiger partial charge in [-0.2, -0.15) is 0 Å². The normalized spacial score (nSPS) is 14.6. The van der Waals surface area contributed by atoms with Gasteiger partial charge < -0.3 is 19.8 Å². The van der Waals surface area contributed by atoms with Crippen LogP contribution in [0.5, 0.6) is 0 Å². The van der Waals surface area contributed by atoms with Crippen molar-refractivity contribution in [3.63, 3.8) is 0 Å². The molecule has 1 atom stereocenters. The van der Waals surface area contributed by atoms with Gasteiger partial charge in [-0.25, -0.2) is 0 Å². The van der Waals surface area contributed by atoms with Crippen molar-refractivity contribution < 1.29 is 19.7 Å². The van der Waals surface area contributed by atoms with Crippen LogP contribution in [0.3, 0.4) is 0 Å². The van der Waals surface area contributed by atoms with Crippen molar-refractivity contribution in [2.75, 3.05) is 20.6 Å². The molecule has 5 heteroatoms. The molecule has 52 heavy (non-hydrogen) atoms. The van der Waals surface area contributed by atoms with Gasteiger partial charge in [0.05, 0.1) is 6.42 Å². The Morgan fingerprint density at radius 3 is 1.65 bits per heavy atom. The van der Waals surface area contributed by atoms with E-state index in [0.717, 1.165) is 57.4 Å². The second-order valence-electron chi connectivity index (χ2n) is 16.2. The van der Waals surface area contributed by atoms with E-state index in [2.05, 4.69) is 57.2 Å². The van der Waals surface area contributed by atoms with Crippen LogP contribution in [0.2, 0.25) is 0 Å². The number of esters is 1. The maximum atomic E-state index is 11.3. The van der Waals surface area contributed by atoms with E-state index in [1.165, 1.54) is 135 Å². The van der Waals surface area contributed by atoms with E-state index in [0.29, 0.717) is 19.3 Å². The Morgan fingerprint density at radius 1 is 0.673 bits per heavy atom. The van der Waals surface area contributed by atoms with Crippen LogP contribution in [0, 0.1) is 5.92 Å². The molecule has 0 spiro atoms. The van der Waals surface area contributed by atoms with Crippen LogP contribution in [0.15, 0.2) is 36.5 Å². The molecule has 0 saturated heterocycles. The summed E-state index contributed by atoms with van der Waals surface area (Å²) in [6.07, 6.45) is 50.0. The molecule has 0 bridgehead atoms. The molecule has 1 unspecified atom stereocenters. The minimum absolute atomic E-state index is 0.0411. The Bertz CT molecular complexity index is 842. The molecule has 0 radical (unpaired) electrons. The van der Waals surface area contributed by atoms with Gasteiger partial charge in [0.15, 0.2) is 5.79 Å². The quantitative estimate of drug-likeness (QED) is 0.0298.